The third-order valence-corrected chi connectivity index (χ3v) is 3.07. The maximum absolute atomic E-state index is 10.8. The van der Waals surface area contributed by atoms with Crippen LogP contribution in [0.1, 0.15) is 41.4 Å². The molecular weight excluding hydrogens is 288 g/mol. The van der Waals surface area contributed by atoms with E-state index in [1.807, 2.05) is 0 Å². The standard InChI is InChI=1S/2C8H4O3/c9-7-5-2-1-3-6(4-5)8(10)11-7;9-7-5-3-1-2-4-6(5)8(10)11-7/h2*1-4H. The van der Waals surface area contributed by atoms with Crippen LogP contribution in [0.15, 0.2) is 48.5 Å². The molecule has 0 saturated heterocycles. The number of fused-ring (bicyclic) bond motifs is 3. The number of rotatable bonds is 0. The summed E-state index contributed by atoms with van der Waals surface area (Å²) in [5, 5.41) is 0. The van der Waals surface area contributed by atoms with Gasteiger partial charge in [0, 0.05) is 0 Å². The fraction of sp³-hybridized carbons (Fsp3) is 0. The molecule has 2 aliphatic rings. The first-order valence-corrected chi connectivity index (χ1v) is 6.28. The zero-order chi connectivity index (χ0) is 15.7. The Morgan fingerprint density at radius 2 is 1.00 bits per heavy atom. The average Bonchev–Trinajstić information content (AvgIpc) is 2.82. The molecule has 0 aliphatic carbocycles. The van der Waals surface area contributed by atoms with E-state index in [-0.39, 0.29) is 0 Å². The lowest BCUT2D eigenvalue weighted by molar-refractivity contribution is 0.0380. The van der Waals surface area contributed by atoms with Crippen LogP contribution in [0, 0.1) is 0 Å². The Morgan fingerprint density at radius 3 is 1.50 bits per heavy atom. The Kier molecular flexibility index (Phi) is 3.27. The van der Waals surface area contributed by atoms with Crippen LogP contribution in [0.5, 0.6) is 0 Å². The molecule has 2 aromatic carbocycles. The van der Waals surface area contributed by atoms with E-state index in [2.05, 4.69) is 9.47 Å². The van der Waals surface area contributed by atoms with E-state index < -0.39 is 23.9 Å². The van der Waals surface area contributed by atoms with E-state index in [9.17, 15) is 19.2 Å². The van der Waals surface area contributed by atoms with Crippen LogP contribution in [-0.4, -0.2) is 23.9 Å². The predicted octanol–water partition coefficient (Wildman–Crippen LogP) is 1.99. The predicted molar refractivity (Wildman–Crippen MR) is 72.4 cm³/mol. The molecule has 6 nitrogen and oxygen atoms in total. The largest absolute Gasteiger partial charge is 0.386 e. The second-order valence-electron chi connectivity index (χ2n) is 4.48. The summed E-state index contributed by atoms with van der Waals surface area (Å²) in [5.74, 6) is -2.23. The SMILES string of the molecule is O=C1OC(=O)c2cccc1c2.O=C1OC(=O)c2ccccc21. The number of hydrogen-bond acceptors (Lipinski definition) is 6. The van der Waals surface area contributed by atoms with Gasteiger partial charge in [-0.25, -0.2) is 19.2 Å². The Morgan fingerprint density at radius 1 is 0.545 bits per heavy atom. The number of cyclic esters (lactones) is 4. The molecule has 108 valence electrons. The molecule has 0 aromatic heterocycles. The van der Waals surface area contributed by atoms with Crippen LogP contribution < -0.4 is 0 Å². The second-order valence-corrected chi connectivity index (χ2v) is 4.48. The topological polar surface area (TPSA) is 86.7 Å². The highest BCUT2D eigenvalue weighted by Crippen LogP contribution is 2.18. The molecule has 0 amide bonds. The molecule has 0 unspecified atom stereocenters. The number of carbonyl (C=O) groups is 4. The molecule has 2 aliphatic heterocycles. The van der Waals surface area contributed by atoms with Crippen molar-refractivity contribution in [2.75, 3.05) is 0 Å². The van der Waals surface area contributed by atoms with Crippen molar-refractivity contribution in [1.29, 1.82) is 0 Å². The molecule has 0 fully saturated rings. The summed E-state index contributed by atoms with van der Waals surface area (Å²) in [5.41, 5.74) is 1.58. The Labute approximate surface area is 124 Å². The van der Waals surface area contributed by atoms with E-state index in [0.717, 1.165) is 0 Å². The van der Waals surface area contributed by atoms with Crippen molar-refractivity contribution in [3.8, 4) is 0 Å². The lowest BCUT2D eigenvalue weighted by Crippen LogP contribution is -2.18. The van der Waals surface area contributed by atoms with Crippen molar-refractivity contribution >= 4 is 23.9 Å². The minimum Gasteiger partial charge on any atom is -0.386 e. The lowest BCUT2D eigenvalue weighted by Gasteiger charge is -2.09. The Balaban J connectivity index is 0.000000131. The Hall–Kier alpha value is -3.28. The number of ether oxygens (including phenoxy) is 2. The molecule has 2 heterocycles. The van der Waals surface area contributed by atoms with Crippen LogP contribution in [0.4, 0.5) is 0 Å². The van der Waals surface area contributed by atoms with Crippen LogP contribution in [0.2, 0.25) is 0 Å². The van der Waals surface area contributed by atoms with Crippen molar-refractivity contribution in [3.05, 3.63) is 70.8 Å². The first kappa shape index (κ1) is 13.7. The van der Waals surface area contributed by atoms with Gasteiger partial charge in [0.25, 0.3) is 0 Å². The van der Waals surface area contributed by atoms with E-state index in [1.165, 1.54) is 6.07 Å². The van der Waals surface area contributed by atoms with Crippen LogP contribution in [0.25, 0.3) is 0 Å². The van der Waals surface area contributed by atoms with Gasteiger partial charge in [-0.2, -0.15) is 0 Å². The molecule has 4 rings (SSSR count). The molecular formula is C16H8O6. The number of esters is 4. The first-order chi connectivity index (χ1) is 10.6. The van der Waals surface area contributed by atoms with Crippen molar-refractivity contribution in [1.82, 2.24) is 0 Å². The quantitative estimate of drug-likeness (QED) is 0.546. The van der Waals surface area contributed by atoms with Gasteiger partial charge in [0.2, 0.25) is 0 Å². The summed E-state index contributed by atoms with van der Waals surface area (Å²) in [6.07, 6.45) is 0. The number of carbonyl (C=O) groups excluding carboxylic acids is 4. The maximum Gasteiger partial charge on any atom is 0.346 e. The Bertz CT molecular complexity index is 755. The van der Waals surface area contributed by atoms with Gasteiger partial charge in [-0.15, -0.1) is 0 Å². The second kappa shape index (κ2) is 5.25. The summed E-state index contributed by atoms with van der Waals surface area (Å²) < 4.78 is 8.74. The molecule has 22 heavy (non-hydrogen) atoms. The third kappa shape index (κ3) is 2.37. The van der Waals surface area contributed by atoms with Crippen molar-refractivity contribution in [2.24, 2.45) is 0 Å². The monoisotopic (exact) mass is 296 g/mol. The van der Waals surface area contributed by atoms with Gasteiger partial charge in [-0.3, -0.25) is 0 Å². The minimum absolute atomic E-state index is 0.359. The van der Waals surface area contributed by atoms with Gasteiger partial charge >= 0.3 is 23.9 Å². The first-order valence-electron chi connectivity index (χ1n) is 6.28. The van der Waals surface area contributed by atoms with Gasteiger partial charge in [0.05, 0.1) is 22.3 Å². The van der Waals surface area contributed by atoms with E-state index in [4.69, 9.17) is 0 Å². The zero-order valence-electron chi connectivity index (χ0n) is 11.1. The summed E-state index contributed by atoms with van der Waals surface area (Å²) in [7, 11) is 0. The number of hydrogen-bond donors (Lipinski definition) is 0. The fourth-order valence-electron chi connectivity index (χ4n) is 2.01. The summed E-state index contributed by atoms with van der Waals surface area (Å²) in [4.78, 5) is 43.3. The lowest BCUT2D eigenvalue weighted by atomic mass is 10.1. The summed E-state index contributed by atoms with van der Waals surface area (Å²) in [6.45, 7) is 0. The highest BCUT2D eigenvalue weighted by molar-refractivity contribution is 6.14. The van der Waals surface area contributed by atoms with Gasteiger partial charge < -0.3 is 9.47 Å². The molecule has 0 spiro atoms. The molecule has 6 heteroatoms. The van der Waals surface area contributed by atoms with E-state index in [1.54, 1.807) is 42.5 Å². The van der Waals surface area contributed by atoms with Gasteiger partial charge in [0.1, 0.15) is 0 Å². The van der Waals surface area contributed by atoms with Gasteiger partial charge in [-0.05, 0) is 30.3 Å². The molecule has 0 atom stereocenters. The van der Waals surface area contributed by atoms with Crippen molar-refractivity contribution < 1.29 is 28.7 Å². The van der Waals surface area contributed by atoms with Crippen molar-refractivity contribution in [3.63, 3.8) is 0 Å². The van der Waals surface area contributed by atoms with E-state index >= 15 is 0 Å². The summed E-state index contributed by atoms with van der Waals surface area (Å²) in [6, 6.07) is 12.9. The minimum atomic E-state index is -0.567. The molecule has 2 bridgehead atoms. The van der Waals surface area contributed by atoms with Crippen LogP contribution in [-0.2, 0) is 9.47 Å². The molecule has 0 N–H and O–H groups in total. The number of benzene rings is 2. The normalized spacial score (nSPS) is 14.5. The summed E-state index contributed by atoms with van der Waals surface area (Å²) >= 11 is 0. The maximum atomic E-state index is 10.8. The molecule has 2 aromatic rings. The van der Waals surface area contributed by atoms with Crippen LogP contribution >= 0.6 is 0 Å². The van der Waals surface area contributed by atoms with Crippen LogP contribution in [0.3, 0.4) is 0 Å². The zero-order valence-corrected chi connectivity index (χ0v) is 11.1. The average molecular weight is 296 g/mol. The molecule has 0 radical (unpaired) electrons. The van der Waals surface area contributed by atoms with E-state index in [0.29, 0.717) is 22.3 Å². The third-order valence-electron chi connectivity index (χ3n) is 3.07. The highest BCUT2D eigenvalue weighted by atomic mass is 16.6. The van der Waals surface area contributed by atoms with Gasteiger partial charge in [0.15, 0.2) is 0 Å². The van der Waals surface area contributed by atoms with Gasteiger partial charge in [-0.1, -0.05) is 18.2 Å². The van der Waals surface area contributed by atoms with Crippen molar-refractivity contribution in [2.45, 2.75) is 0 Å². The molecule has 0 saturated carbocycles. The fourth-order valence-corrected chi connectivity index (χ4v) is 2.01. The highest BCUT2D eigenvalue weighted by Gasteiger charge is 2.28. The smallest absolute Gasteiger partial charge is 0.346 e.